The first-order valence-corrected chi connectivity index (χ1v) is 14.5. The topological polar surface area (TPSA) is 115 Å². The number of anilines is 2. The molecule has 0 aliphatic rings. The number of carbonyl (C=O) groups excluding carboxylic acids is 1. The predicted molar refractivity (Wildman–Crippen MR) is 152 cm³/mol. The SMILES string of the molecule is CCCCCCCCCCCCCCCC(=O)OCC(CO)OCn1cnc2c(NC)nc(N(C)C)nc21. The molecule has 216 valence electrons. The minimum Gasteiger partial charge on any atom is -0.463 e. The second-order valence-electron chi connectivity index (χ2n) is 10.2. The molecule has 0 aliphatic heterocycles. The third-order valence-electron chi connectivity index (χ3n) is 6.66. The van der Waals surface area contributed by atoms with E-state index in [0.717, 1.165) is 12.8 Å². The third kappa shape index (κ3) is 11.5. The number of imidazole rings is 1. The molecule has 0 fully saturated rings. The fraction of sp³-hybridized carbons (Fsp3) is 0.786. The summed E-state index contributed by atoms with van der Waals surface area (Å²) in [4.78, 5) is 27.3. The Morgan fingerprint density at radius 1 is 1.00 bits per heavy atom. The van der Waals surface area contributed by atoms with Gasteiger partial charge in [-0.25, -0.2) is 4.98 Å². The number of rotatable bonds is 22. The van der Waals surface area contributed by atoms with Crippen molar-refractivity contribution in [2.24, 2.45) is 0 Å². The summed E-state index contributed by atoms with van der Waals surface area (Å²) in [6.45, 7) is 2.14. The average molecular weight is 535 g/mol. The lowest BCUT2D eigenvalue weighted by Crippen LogP contribution is -2.26. The Bertz CT molecular complexity index is 920. The highest BCUT2D eigenvalue weighted by molar-refractivity contribution is 5.84. The highest BCUT2D eigenvalue weighted by Gasteiger charge is 2.16. The maximum Gasteiger partial charge on any atom is 0.305 e. The molecule has 0 aliphatic carbocycles. The van der Waals surface area contributed by atoms with Gasteiger partial charge in [0.1, 0.15) is 19.4 Å². The first-order chi connectivity index (χ1) is 18.5. The molecular weight excluding hydrogens is 484 g/mol. The summed E-state index contributed by atoms with van der Waals surface area (Å²) in [7, 11) is 5.52. The number of esters is 1. The first-order valence-electron chi connectivity index (χ1n) is 14.5. The third-order valence-corrected chi connectivity index (χ3v) is 6.66. The summed E-state index contributed by atoms with van der Waals surface area (Å²) in [6.07, 6.45) is 17.9. The van der Waals surface area contributed by atoms with Crippen molar-refractivity contribution >= 4 is 28.9 Å². The van der Waals surface area contributed by atoms with Crippen LogP contribution in [0.25, 0.3) is 11.2 Å². The second kappa shape index (κ2) is 18.7. The summed E-state index contributed by atoms with van der Waals surface area (Å²) in [5.41, 5.74) is 1.25. The Morgan fingerprint density at radius 2 is 1.61 bits per heavy atom. The number of aliphatic hydroxyl groups is 1. The van der Waals surface area contributed by atoms with E-state index in [1.807, 2.05) is 19.0 Å². The molecule has 38 heavy (non-hydrogen) atoms. The zero-order valence-electron chi connectivity index (χ0n) is 24.1. The molecule has 0 amide bonds. The number of nitrogens with one attached hydrogen (secondary N) is 1. The van der Waals surface area contributed by atoms with Gasteiger partial charge in [0, 0.05) is 27.6 Å². The Morgan fingerprint density at radius 3 is 2.16 bits per heavy atom. The maximum atomic E-state index is 12.1. The summed E-state index contributed by atoms with van der Waals surface area (Å²) in [5.74, 6) is 0.924. The van der Waals surface area contributed by atoms with Crippen molar-refractivity contribution in [2.75, 3.05) is 44.6 Å². The molecule has 0 aromatic carbocycles. The number of unbranched alkanes of at least 4 members (excludes halogenated alkanes) is 12. The summed E-state index contributed by atoms with van der Waals surface area (Å²) >= 11 is 0. The van der Waals surface area contributed by atoms with Crippen molar-refractivity contribution in [3.8, 4) is 0 Å². The van der Waals surface area contributed by atoms with Crippen LogP contribution in [-0.2, 0) is 21.0 Å². The predicted octanol–water partition coefficient (Wildman–Crippen LogP) is 5.29. The number of ether oxygens (including phenoxy) is 2. The number of aromatic nitrogens is 4. The van der Waals surface area contributed by atoms with Gasteiger partial charge in [0.05, 0.1) is 12.9 Å². The maximum absolute atomic E-state index is 12.1. The fourth-order valence-corrected chi connectivity index (χ4v) is 4.29. The lowest BCUT2D eigenvalue weighted by Gasteiger charge is -2.17. The number of hydrogen-bond donors (Lipinski definition) is 2. The lowest BCUT2D eigenvalue weighted by molar-refractivity contribution is -0.150. The molecule has 2 heterocycles. The number of hydrogen-bond acceptors (Lipinski definition) is 9. The van der Waals surface area contributed by atoms with Crippen molar-refractivity contribution in [2.45, 2.75) is 110 Å². The van der Waals surface area contributed by atoms with E-state index in [1.54, 1.807) is 17.9 Å². The van der Waals surface area contributed by atoms with E-state index in [0.29, 0.717) is 29.4 Å². The molecule has 2 N–H and O–H groups in total. The van der Waals surface area contributed by atoms with E-state index in [-0.39, 0.29) is 25.9 Å². The Balaban J connectivity index is 1.59. The smallest absolute Gasteiger partial charge is 0.305 e. The van der Waals surface area contributed by atoms with Gasteiger partial charge in [-0.15, -0.1) is 0 Å². The van der Waals surface area contributed by atoms with Crippen LogP contribution >= 0.6 is 0 Å². The molecule has 0 saturated carbocycles. The molecule has 0 bridgehead atoms. The van der Waals surface area contributed by atoms with E-state index < -0.39 is 6.10 Å². The minimum absolute atomic E-state index is 0.0140. The van der Waals surface area contributed by atoms with Crippen LogP contribution in [0.15, 0.2) is 6.33 Å². The summed E-state index contributed by atoms with van der Waals surface area (Å²) in [5, 5.41) is 12.7. The summed E-state index contributed by atoms with van der Waals surface area (Å²) < 4.78 is 12.9. The molecule has 2 rings (SSSR count). The number of nitrogens with zero attached hydrogens (tertiary/aromatic N) is 5. The van der Waals surface area contributed by atoms with Gasteiger partial charge in [-0.3, -0.25) is 9.36 Å². The Labute approximate surface area is 228 Å². The molecule has 10 heteroatoms. The van der Waals surface area contributed by atoms with Gasteiger partial charge in [-0.05, 0) is 6.42 Å². The van der Waals surface area contributed by atoms with Crippen molar-refractivity contribution in [1.29, 1.82) is 0 Å². The highest BCUT2D eigenvalue weighted by atomic mass is 16.6. The van der Waals surface area contributed by atoms with Crippen molar-refractivity contribution < 1.29 is 19.4 Å². The van der Waals surface area contributed by atoms with Crippen LogP contribution in [0.1, 0.15) is 96.8 Å². The first kappa shape index (κ1) is 31.8. The van der Waals surface area contributed by atoms with E-state index in [2.05, 4.69) is 27.2 Å². The Kier molecular flexibility index (Phi) is 15.7. The van der Waals surface area contributed by atoms with Crippen LogP contribution in [0.5, 0.6) is 0 Å². The van der Waals surface area contributed by atoms with Crippen LogP contribution < -0.4 is 10.2 Å². The van der Waals surface area contributed by atoms with Crippen molar-refractivity contribution in [1.82, 2.24) is 19.5 Å². The van der Waals surface area contributed by atoms with Crippen LogP contribution in [0.3, 0.4) is 0 Å². The zero-order valence-corrected chi connectivity index (χ0v) is 24.1. The largest absolute Gasteiger partial charge is 0.463 e. The number of fused-ring (bicyclic) bond motifs is 1. The molecule has 10 nitrogen and oxygen atoms in total. The van der Waals surface area contributed by atoms with Gasteiger partial charge < -0.3 is 24.8 Å². The van der Waals surface area contributed by atoms with Gasteiger partial charge in [0.25, 0.3) is 0 Å². The quantitative estimate of drug-likeness (QED) is 0.153. The van der Waals surface area contributed by atoms with Gasteiger partial charge in [-0.1, -0.05) is 84.0 Å². The van der Waals surface area contributed by atoms with E-state index in [9.17, 15) is 9.90 Å². The molecule has 0 spiro atoms. The number of aliphatic hydroxyl groups excluding tert-OH is 1. The molecule has 0 radical (unpaired) electrons. The fourth-order valence-electron chi connectivity index (χ4n) is 4.29. The summed E-state index contributed by atoms with van der Waals surface area (Å²) in [6, 6.07) is 0. The van der Waals surface area contributed by atoms with Crippen LogP contribution in [0, 0.1) is 0 Å². The normalized spacial score (nSPS) is 12.1. The Hall–Kier alpha value is -2.46. The monoisotopic (exact) mass is 534 g/mol. The second-order valence-corrected chi connectivity index (χ2v) is 10.2. The van der Waals surface area contributed by atoms with Gasteiger partial charge >= 0.3 is 5.97 Å². The van der Waals surface area contributed by atoms with Crippen LogP contribution in [0.2, 0.25) is 0 Å². The molecular formula is C28H50N6O4. The molecule has 1 unspecified atom stereocenters. The lowest BCUT2D eigenvalue weighted by atomic mass is 10.0. The molecule has 1 atom stereocenters. The van der Waals surface area contributed by atoms with E-state index in [4.69, 9.17) is 9.47 Å². The zero-order chi connectivity index (χ0) is 27.6. The van der Waals surface area contributed by atoms with Gasteiger partial charge in [-0.2, -0.15) is 9.97 Å². The van der Waals surface area contributed by atoms with Crippen molar-refractivity contribution in [3.05, 3.63) is 6.33 Å². The number of carbonyl (C=O) groups is 1. The van der Waals surface area contributed by atoms with E-state index in [1.165, 1.54) is 70.6 Å². The molecule has 0 saturated heterocycles. The molecule has 2 aromatic heterocycles. The standard InChI is InChI=1S/C28H50N6O4/c1-5-6-7-8-9-10-11-12-13-14-15-16-17-18-24(36)37-20-23(19-35)38-22-34-21-30-25-26(29-2)31-28(33(3)4)32-27(25)34/h21,23,35H,5-20,22H2,1-4H3,(H,29,31,32). The van der Waals surface area contributed by atoms with Crippen LogP contribution in [0.4, 0.5) is 11.8 Å². The molecule has 2 aromatic rings. The highest BCUT2D eigenvalue weighted by Crippen LogP contribution is 2.21. The van der Waals surface area contributed by atoms with Gasteiger partial charge in [0.15, 0.2) is 17.0 Å². The van der Waals surface area contributed by atoms with Crippen molar-refractivity contribution in [3.63, 3.8) is 0 Å². The minimum atomic E-state index is -0.623. The van der Waals surface area contributed by atoms with Gasteiger partial charge in [0.2, 0.25) is 5.95 Å². The average Bonchev–Trinajstić information content (AvgIpc) is 3.33. The van der Waals surface area contributed by atoms with E-state index >= 15 is 0 Å². The van der Waals surface area contributed by atoms with Crippen LogP contribution in [-0.4, -0.2) is 71.1 Å².